The molecule has 2 aromatic carbocycles. The standard InChI is InChI=1S/C25H32N4O3.ClH/c1-3-29(4-2)16-15-26-23(30)20-11-13-22(14-12-20)28-25(32)21-7-5-18(6-8-21)17-27-24(31)19-9-10-19;/h5-8,11-14,19H,3-4,9-10,15-17H2,1-2H3,(H,26,30)(H,27,31)(H,28,32);1H. The van der Waals surface area contributed by atoms with Gasteiger partial charge in [0.2, 0.25) is 5.91 Å². The highest BCUT2D eigenvalue weighted by Crippen LogP contribution is 2.28. The Morgan fingerprint density at radius 2 is 1.42 bits per heavy atom. The zero-order valence-corrected chi connectivity index (χ0v) is 20.0. The van der Waals surface area contributed by atoms with E-state index < -0.39 is 0 Å². The van der Waals surface area contributed by atoms with Gasteiger partial charge in [-0.2, -0.15) is 0 Å². The van der Waals surface area contributed by atoms with E-state index in [1.807, 2.05) is 12.1 Å². The van der Waals surface area contributed by atoms with Gasteiger partial charge in [0.15, 0.2) is 0 Å². The molecule has 1 saturated carbocycles. The first-order chi connectivity index (χ1) is 15.5. The Morgan fingerprint density at radius 1 is 0.848 bits per heavy atom. The van der Waals surface area contributed by atoms with E-state index in [2.05, 4.69) is 34.7 Å². The van der Waals surface area contributed by atoms with Crippen LogP contribution in [0.3, 0.4) is 0 Å². The van der Waals surface area contributed by atoms with Gasteiger partial charge in [-0.05, 0) is 67.9 Å². The molecule has 0 spiro atoms. The number of halogens is 1. The number of nitrogens with zero attached hydrogens (tertiary/aromatic N) is 1. The fourth-order valence-corrected chi connectivity index (χ4v) is 3.33. The van der Waals surface area contributed by atoms with E-state index >= 15 is 0 Å². The summed E-state index contributed by atoms with van der Waals surface area (Å²) >= 11 is 0. The minimum absolute atomic E-state index is 0. The van der Waals surface area contributed by atoms with Gasteiger partial charge >= 0.3 is 0 Å². The van der Waals surface area contributed by atoms with Crippen molar-refractivity contribution in [2.24, 2.45) is 5.92 Å². The lowest BCUT2D eigenvalue weighted by atomic mass is 10.1. The smallest absolute Gasteiger partial charge is 0.255 e. The molecule has 3 amide bonds. The Kier molecular flexibility index (Phi) is 10.4. The summed E-state index contributed by atoms with van der Waals surface area (Å²) in [5.74, 6) is -0.0628. The van der Waals surface area contributed by atoms with Crippen molar-refractivity contribution in [1.29, 1.82) is 0 Å². The lowest BCUT2D eigenvalue weighted by molar-refractivity contribution is -0.122. The van der Waals surface area contributed by atoms with Gasteiger partial charge in [-0.25, -0.2) is 0 Å². The minimum atomic E-state index is -0.227. The number of carbonyl (C=O) groups excluding carboxylic acids is 3. The number of amides is 3. The van der Waals surface area contributed by atoms with Crippen LogP contribution in [0.2, 0.25) is 0 Å². The van der Waals surface area contributed by atoms with Crippen molar-refractivity contribution in [3.05, 3.63) is 65.2 Å². The molecule has 3 N–H and O–H groups in total. The molecular formula is C25H33ClN4O3. The summed E-state index contributed by atoms with van der Waals surface area (Å²) in [6.07, 6.45) is 1.96. The van der Waals surface area contributed by atoms with Gasteiger partial charge in [0.25, 0.3) is 11.8 Å². The maximum Gasteiger partial charge on any atom is 0.255 e. The van der Waals surface area contributed by atoms with Gasteiger partial charge in [-0.1, -0.05) is 26.0 Å². The number of hydrogen-bond acceptors (Lipinski definition) is 4. The number of benzene rings is 2. The van der Waals surface area contributed by atoms with E-state index in [0.717, 1.165) is 38.0 Å². The normalized spacial score (nSPS) is 12.6. The average Bonchev–Trinajstić information content (AvgIpc) is 3.66. The van der Waals surface area contributed by atoms with Crippen molar-refractivity contribution in [1.82, 2.24) is 15.5 Å². The molecule has 0 unspecified atom stereocenters. The molecule has 7 nitrogen and oxygen atoms in total. The Bertz CT molecular complexity index is 924. The number of rotatable bonds is 11. The van der Waals surface area contributed by atoms with Crippen LogP contribution in [0.1, 0.15) is 53.0 Å². The van der Waals surface area contributed by atoms with E-state index in [-0.39, 0.29) is 36.0 Å². The molecule has 0 aliphatic heterocycles. The van der Waals surface area contributed by atoms with Crippen molar-refractivity contribution in [3.63, 3.8) is 0 Å². The second-order valence-electron chi connectivity index (χ2n) is 8.00. The number of likely N-dealkylation sites (N-methyl/N-ethyl adjacent to an activating group) is 1. The van der Waals surface area contributed by atoms with E-state index in [9.17, 15) is 14.4 Å². The quantitative estimate of drug-likeness (QED) is 0.467. The molecular weight excluding hydrogens is 440 g/mol. The summed E-state index contributed by atoms with van der Waals surface area (Å²) in [7, 11) is 0. The molecule has 8 heteroatoms. The predicted octanol–water partition coefficient (Wildman–Crippen LogP) is 3.46. The molecule has 2 aromatic rings. The van der Waals surface area contributed by atoms with Crippen LogP contribution in [0.15, 0.2) is 48.5 Å². The van der Waals surface area contributed by atoms with Crippen LogP contribution in [-0.4, -0.2) is 48.8 Å². The van der Waals surface area contributed by atoms with Crippen LogP contribution < -0.4 is 16.0 Å². The first-order valence-electron chi connectivity index (χ1n) is 11.3. The van der Waals surface area contributed by atoms with Gasteiger partial charge in [0.1, 0.15) is 0 Å². The van der Waals surface area contributed by atoms with Crippen molar-refractivity contribution >= 4 is 35.8 Å². The summed E-state index contributed by atoms with van der Waals surface area (Å²) in [4.78, 5) is 38.8. The van der Waals surface area contributed by atoms with Gasteiger partial charge in [0.05, 0.1) is 0 Å². The fraction of sp³-hybridized carbons (Fsp3) is 0.400. The van der Waals surface area contributed by atoms with E-state index in [1.165, 1.54) is 0 Å². The van der Waals surface area contributed by atoms with Crippen LogP contribution in [-0.2, 0) is 11.3 Å². The largest absolute Gasteiger partial charge is 0.352 e. The molecule has 33 heavy (non-hydrogen) atoms. The summed E-state index contributed by atoms with van der Waals surface area (Å²) in [6, 6.07) is 14.0. The molecule has 1 aliphatic rings. The van der Waals surface area contributed by atoms with Crippen molar-refractivity contribution < 1.29 is 14.4 Å². The number of hydrogen-bond donors (Lipinski definition) is 3. The Balaban J connectivity index is 0.00000385. The minimum Gasteiger partial charge on any atom is -0.352 e. The Hall–Kier alpha value is -2.90. The molecule has 1 fully saturated rings. The summed E-state index contributed by atoms with van der Waals surface area (Å²) in [6.45, 7) is 8.00. The molecule has 0 saturated heterocycles. The van der Waals surface area contributed by atoms with E-state index in [0.29, 0.717) is 29.9 Å². The molecule has 0 heterocycles. The van der Waals surface area contributed by atoms with Gasteiger partial charge in [-0.3, -0.25) is 14.4 Å². The first-order valence-corrected chi connectivity index (χ1v) is 11.3. The van der Waals surface area contributed by atoms with Crippen molar-refractivity contribution in [3.8, 4) is 0 Å². The Labute approximate surface area is 201 Å². The molecule has 178 valence electrons. The highest BCUT2D eigenvalue weighted by atomic mass is 35.5. The second-order valence-corrected chi connectivity index (χ2v) is 8.00. The Morgan fingerprint density at radius 3 is 2.00 bits per heavy atom. The molecule has 1 aliphatic carbocycles. The fourth-order valence-electron chi connectivity index (χ4n) is 3.33. The predicted molar refractivity (Wildman–Crippen MR) is 133 cm³/mol. The third-order valence-electron chi connectivity index (χ3n) is 5.64. The average molecular weight is 473 g/mol. The monoisotopic (exact) mass is 472 g/mol. The zero-order chi connectivity index (χ0) is 22.9. The summed E-state index contributed by atoms with van der Waals surface area (Å²) < 4.78 is 0. The molecule has 0 radical (unpaired) electrons. The maximum absolute atomic E-state index is 12.5. The lowest BCUT2D eigenvalue weighted by Crippen LogP contribution is -2.34. The van der Waals surface area contributed by atoms with Gasteiger partial charge in [0, 0.05) is 42.4 Å². The third-order valence-corrected chi connectivity index (χ3v) is 5.64. The second kappa shape index (κ2) is 13.0. The van der Waals surface area contributed by atoms with Crippen LogP contribution >= 0.6 is 12.4 Å². The summed E-state index contributed by atoms with van der Waals surface area (Å²) in [5, 5.41) is 8.68. The van der Waals surface area contributed by atoms with E-state index in [1.54, 1.807) is 36.4 Å². The third kappa shape index (κ3) is 8.18. The van der Waals surface area contributed by atoms with Crippen LogP contribution in [0.5, 0.6) is 0 Å². The first kappa shape index (κ1) is 26.4. The van der Waals surface area contributed by atoms with Crippen LogP contribution in [0.25, 0.3) is 0 Å². The lowest BCUT2D eigenvalue weighted by Gasteiger charge is -2.18. The number of anilines is 1. The highest BCUT2D eigenvalue weighted by Gasteiger charge is 2.29. The van der Waals surface area contributed by atoms with Crippen LogP contribution in [0, 0.1) is 5.92 Å². The zero-order valence-electron chi connectivity index (χ0n) is 19.2. The topological polar surface area (TPSA) is 90.5 Å². The molecule has 0 bridgehead atoms. The van der Waals surface area contributed by atoms with Gasteiger partial charge in [-0.15, -0.1) is 12.4 Å². The van der Waals surface area contributed by atoms with E-state index in [4.69, 9.17) is 0 Å². The number of carbonyl (C=O) groups is 3. The molecule has 0 atom stereocenters. The number of nitrogens with one attached hydrogen (secondary N) is 3. The summed E-state index contributed by atoms with van der Waals surface area (Å²) in [5.41, 5.74) is 2.66. The SMILES string of the molecule is CCN(CC)CCNC(=O)c1ccc(NC(=O)c2ccc(CNC(=O)C3CC3)cc2)cc1.Cl. The maximum atomic E-state index is 12.5. The molecule has 0 aromatic heterocycles. The highest BCUT2D eigenvalue weighted by molar-refractivity contribution is 6.04. The van der Waals surface area contributed by atoms with Crippen molar-refractivity contribution in [2.75, 3.05) is 31.5 Å². The van der Waals surface area contributed by atoms with Gasteiger partial charge < -0.3 is 20.9 Å². The van der Waals surface area contributed by atoms with Crippen LogP contribution in [0.4, 0.5) is 5.69 Å². The van der Waals surface area contributed by atoms with Crippen molar-refractivity contribution in [2.45, 2.75) is 33.2 Å². The molecule has 3 rings (SSSR count).